The fraction of sp³-hybridized carbons (Fsp3) is 0.949. The summed E-state index contributed by atoms with van der Waals surface area (Å²) in [7, 11) is 0. The van der Waals surface area contributed by atoms with E-state index in [2.05, 4.69) is 26.1 Å². The second-order valence-corrected chi connectivity index (χ2v) is 20.6. The van der Waals surface area contributed by atoms with Gasteiger partial charge in [-0.3, -0.25) is 19.3 Å². The first-order chi connectivity index (χ1) is 34.6. The molecule has 0 aromatic heterocycles. The van der Waals surface area contributed by atoms with Gasteiger partial charge < -0.3 is 40.0 Å². The molecule has 0 bridgehead atoms. The maximum atomic E-state index is 12.4. The van der Waals surface area contributed by atoms with Crippen LogP contribution in [0.3, 0.4) is 0 Å². The van der Waals surface area contributed by atoms with E-state index in [0.29, 0.717) is 39.5 Å². The van der Waals surface area contributed by atoms with Crippen LogP contribution in [0.1, 0.15) is 285 Å². The topological polar surface area (TPSA) is 175 Å². The van der Waals surface area contributed by atoms with Crippen molar-refractivity contribution in [1.82, 2.24) is 10.2 Å². The van der Waals surface area contributed by atoms with Crippen molar-refractivity contribution in [2.45, 2.75) is 309 Å². The van der Waals surface area contributed by atoms with Gasteiger partial charge in [0, 0.05) is 19.6 Å². The van der Waals surface area contributed by atoms with Crippen LogP contribution in [0.25, 0.3) is 0 Å². The summed E-state index contributed by atoms with van der Waals surface area (Å²) in [5.41, 5.74) is 0. The van der Waals surface area contributed by atoms with Crippen molar-refractivity contribution in [2.75, 3.05) is 52.7 Å². The number of hydrogen-bond acceptors (Lipinski definition) is 12. The third-order valence-corrected chi connectivity index (χ3v) is 13.7. The van der Waals surface area contributed by atoms with E-state index in [-0.39, 0.29) is 56.4 Å². The monoisotopic (exact) mass is 1010 g/mol. The van der Waals surface area contributed by atoms with Crippen molar-refractivity contribution in [3.8, 4) is 0 Å². The second-order valence-electron chi connectivity index (χ2n) is 20.6. The van der Waals surface area contributed by atoms with Gasteiger partial charge in [0.25, 0.3) is 0 Å². The molecule has 0 unspecified atom stereocenters. The molecule has 12 nitrogen and oxygen atoms in total. The van der Waals surface area contributed by atoms with Gasteiger partial charge in [0.15, 0.2) is 0 Å². The summed E-state index contributed by atoms with van der Waals surface area (Å²) in [6.45, 7) is 12.0. The number of unbranched alkanes of at least 4 members (excludes halogenated alkanes) is 33. The Labute approximate surface area is 437 Å². The van der Waals surface area contributed by atoms with Crippen LogP contribution < -0.4 is 5.32 Å². The average molecular weight is 1020 g/mol. The van der Waals surface area contributed by atoms with Gasteiger partial charge in [0.2, 0.25) is 0 Å². The molecule has 0 radical (unpaired) electrons. The SMILES string of the molecule is CCCCCCCCCCCCCCOC(=O)CCN(CCC(=O)OCCCCCCCCCCCCCC)[C@@H](CO)[C@H](C)O.CCCCCCCCCCCCCCOC(=O)CCN[C@@H](CO)[C@H](C)O. The molecule has 0 aromatic carbocycles. The third-order valence-electron chi connectivity index (χ3n) is 13.7. The molecule has 0 rings (SSSR count). The Bertz CT molecular complexity index is 1070. The van der Waals surface area contributed by atoms with Gasteiger partial charge in [-0.25, -0.2) is 0 Å². The number of nitrogens with one attached hydrogen (secondary N) is 1. The van der Waals surface area contributed by atoms with Crippen molar-refractivity contribution in [3.63, 3.8) is 0 Å². The van der Waals surface area contributed by atoms with E-state index in [4.69, 9.17) is 19.3 Å². The minimum Gasteiger partial charge on any atom is -0.466 e. The molecule has 5 N–H and O–H groups in total. The molecule has 4 atom stereocenters. The van der Waals surface area contributed by atoms with E-state index in [9.17, 15) is 29.7 Å². The molecule has 0 saturated heterocycles. The zero-order chi connectivity index (χ0) is 52.7. The minimum absolute atomic E-state index is 0.147. The number of esters is 3. The summed E-state index contributed by atoms with van der Waals surface area (Å²) in [4.78, 5) is 38.1. The first-order valence-corrected chi connectivity index (χ1v) is 30.1. The van der Waals surface area contributed by atoms with E-state index in [1.54, 1.807) is 18.7 Å². The molecule has 0 aliphatic rings. The van der Waals surface area contributed by atoms with Crippen LogP contribution in [0.4, 0.5) is 0 Å². The maximum absolute atomic E-state index is 12.4. The number of nitrogens with zero attached hydrogens (tertiary/aromatic N) is 1. The summed E-state index contributed by atoms with van der Waals surface area (Å²) in [6, 6.07) is -0.933. The molecule has 71 heavy (non-hydrogen) atoms. The standard InChI is InChI=1S/C38H75NO6.C21H43NO4/c1-4-6-8-10-12-14-16-18-20-22-24-26-32-44-37(42)28-30-39(36(34-40)35(3)41)31-29-38(43)45-33-27-25-23-21-19-17-15-13-11-9-7-5-2;1-3-4-5-6-7-8-9-10-11-12-13-14-17-26-21(25)15-16-22-20(18-23)19(2)24/h35-36,40-41H,4-34H2,1-3H3;19-20,22-24H,3-18H2,1-2H3/t35-,36-;19-,20-/m00/s1. The number of carbonyl (C=O) groups excluding carboxylic acids is 3. The smallest absolute Gasteiger partial charge is 0.307 e. The normalized spacial score (nSPS) is 13.1. The minimum atomic E-state index is -0.788. The molecule has 424 valence electrons. The lowest BCUT2D eigenvalue weighted by Crippen LogP contribution is -2.47. The van der Waals surface area contributed by atoms with Gasteiger partial charge in [0.05, 0.1) is 76.6 Å². The molecule has 0 saturated carbocycles. The lowest BCUT2D eigenvalue weighted by Gasteiger charge is -2.31. The summed E-state index contributed by atoms with van der Waals surface area (Å²) in [5, 5.41) is 41.4. The summed E-state index contributed by atoms with van der Waals surface area (Å²) >= 11 is 0. The van der Waals surface area contributed by atoms with Crippen molar-refractivity contribution in [1.29, 1.82) is 0 Å². The Morgan fingerprint density at radius 2 is 0.662 bits per heavy atom. The summed E-state index contributed by atoms with van der Waals surface area (Å²) in [6.07, 6.45) is 45.0. The number of ether oxygens (including phenoxy) is 3. The van der Waals surface area contributed by atoms with Gasteiger partial charge in [-0.2, -0.15) is 0 Å². The van der Waals surface area contributed by atoms with Crippen LogP contribution in [0.15, 0.2) is 0 Å². The van der Waals surface area contributed by atoms with Crippen LogP contribution >= 0.6 is 0 Å². The second kappa shape index (κ2) is 57.4. The quantitative estimate of drug-likeness (QED) is 0.0222. The molecule has 0 fully saturated rings. The van der Waals surface area contributed by atoms with Gasteiger partial charge in [-0.1, -0.05) is 233 Å². The van der Waals surface area contributed by atoms with Crippen LogP contribution in [-0.4, -0.2) is 120 Å². The maximum Gasteiger partial charge on any atom is 0.307 e. The predicted molar refractivity (Wildman–Crippen MR) is 295 cm³/mol. The van der Waals surface area contributed by atoms with Crippen LogP contribution in [0, 0.1) is 0 Å². The highest BCUT2D eigenvalue weighted by Crippen LogP contribution is 2.15. The van der Waals surface area contributed by atoms with E-state index >= 15 is 0 Å². The molecule has 0 spiro atoms. The first-order valence-electron chi connectivity index (χ1n) is 30.1. The van der Waals surface area contributed by atoms with Crippen LogP contribution in [0.5, 0.6) is 0 Å². The zero-order valence-corrected chi connectivity index (χ0v) is 47.2. The molecule has 0 aromatic rings. The van der Waals surface area contributed by atoms with E-state index in [1.165, 1.54) is 193 Å². The Morgan fingerprint density at radius 1 is 0.394 bits per heavy atom. The highest BCUT2D eigenvalue weighted by molar-refractivity contribution is 5.70. The predicted octanol–water partition coefficient (Wildman–Crippen LogP) is 13.3. The summed E-state index contributed by atoms with van der Waals surface area (Å²) in [5.74, 6) is -0.775. The van der Waals surface area contributed by atoms with Crippen LogP contribution in [0.2, 0.25) is 0 Å². The molecule has 0 amide bonds. The Morgan fingerprint density at radius 3 is 0.901 bits per heavy atom. The largest absolute Gasteiger partial charge is 0.466 e. The highest BCUT2D eigenvalue weighted by Gasteiger charge is 2.24. The number of aliphatic hydroxyl groups is 4. The fourth-order valence-corrected chi connectivity index (χ4v) is 8.84. The Kier molecular flexibility index (Phi) is 57.6. The van der Waals surface area contributed by atoms with Gasteiger partial charge in [0.1, 0.15) is 0 Å². The van der Waals surface area contributed by atoms with E-state index < -0.39 is 18.2 Å². The van der Waals surface area contributed by atoms with Gasteiger partial charge in [-0.15, -0.1) is 0 Å². The van der Waals surface area contributed by atoms with Crippen molar-refractivity contribution >= 4 is 17.9 Å². The highest BCUT2D eigenvalue weighted by atomic mass is 16.5. The number of carbonyl (C=O) groups is 3. The lowest BCUT2D eigenvalue weighted by atomic mass is 10.1. The van der Waals surface area contributed by atoms with Crippen molar-refractivity contribution < 1.29 is 49.0 Å². The van der Waals surface area contributed by atoms with Gasteiger partial charge in [-0.05, 0) is 33.1 Å². The Balaban J connectivity index is 0. The number of rotatable bonds is 54. The molecular formula is C59H118N2O10. The Hall–Kier alpha value is -1.83. The number of hydrogen-bond donors (Lipinski definition) is 5. The third kappa shape index (κ3) is 52.8. The molecule has 0 aliphatic carbocycles. The van der Waals surface area contributed by atoms with Crippen LogP contribution in [-0.2, 0) is 28.6 Å². The molecule has 12 heteroatoms. The van der Waals surface area contributed by atoms with E-state index in [0.717, 1.165) is 38.5 Å². The van der Waals surface area contributed by atoms with Crippen molar-refractivity contribution in [3.05, 3.63) is 0 Å². The zero-order valence-electron chi connectivity index (χ0n) is 47.2. The molecular weight excluding hydrogens is 897 g/mol. The molecule has 0 aliphatic heterocycles. The fourth-order valence-electron chi connectivity index (χ4n) is 8.84. The molecule has 0 heterocycles. The van der Waals surface area contributed by atoms with Crippen molar-refractivity contribution in [2.24, 2.45) is 0 Å². The lowest BCUT2D eigenvalue weighted by molar-refractivity contribution is -0.145. The average Bonchev–Trinajstić information content (AvgIpc) is 3.35. The van der Waals surface area contributed by atoms with E-state index in [1.807, 2.05) is 0 Å². The first kappa shape index (κ1) is 71.2. The number of aliphatic hydroxyl groups excluding tert-OH is 4. The summed E-state index contributed by atoms with van der Waals surface area (Å²) < 4.78 is 16.1. The van der Waals surface area contributed by atoms with Gasteiger partial charge >= 0.3 is 17.9 Å².